The molecule has 0 bridgehead atoms. The number of rotatable bonds is 7. The fraction of sp³-hybridized carbons (Fsp3) is 0.179. The van der Waals surface area contributed by atoms with Gasteiger partial charge in [0.25, 0.3) is 5.91 Å². The number of amides is 3. The Hall–Kier alpha value is -4.79. The van der Waals surface area contributed by atoms with Gasteiger partial charge in [-0.25, -0.2) is 0 Å². The zero-order chi connectivity index (χ0) is 25.9. The second kappa shape index (κ2) is 10.1. The predicted molar refractivity (Wildman–Crippen MR) is 139 cm³/mol. The maximum atomic E-state index is 13.3. The van der Waals surface area contributed by atoms with Crippen LogP contribution in [0.4, 0.5) is 17.1 Å². The van der Waals surface area contributed by atoms with Crippen molar-refractivity contribution in [1.82, 2.24) is 0 Å². The fourth-order valence-electron chi connectivity index (χ4n) is 4.40. The number of anilines is 3. The first-order valence-corrected chi connectivity index (χ1v) is 11.7. The lowest BCUT2D eigenvalue weighted by Gasteiger charge is -2.16. The van der Waals surface area contributed by atoms with Crippen LogP contribution in [0, 0.1) is 5.92 Å². The molecule has 2 N–H and O–H groups in total. The highest BCUT2D eigenvalue weighted by Gasteiger charge is 2.36. The van der Waals surface area contributed by atoms with E-state index in [1.54, 1.807) is 47.4 Å². The number of carbonyl (C=O) groups is 3. The molecule has 1 aromatic heterocycles. The standard InChI is InChI=1S/C28H25N3O6/c1-35-22-13-12-18(15-23(22)36-2)29-28(34)26-25(20-10-6-7-11-21(20)37-26)30-27(33)17-14-24(32)31(16-17)19-8-4-3-5-9-19/h3-13,15,17H,14,16H2,1-2H3,(H,29,34)(H,30,33). The molecule has 3 amide bonds. The van der Waals surface area contributed by atoms with Gasteiger partial charge in [0.05, 0.1) is 20.1 Å². The summed E-state index contributed by atoms with van der Waals surface area (Å²) in [5, 5.41) is 6.22. The lowest BCUT2D eigenvalue weighted by molar-refractivity contribution is -0.122. The van der Waals surface area contributed by atoms with Crippen LogP contribution in [0.25, 0.3) is 11.0 Å². The average Bonchev–Trinajstić information content (AvgIpc) is 3.50. The number of nitrogens with zero attached hydrogens (tertiary/aromatic N) is 1. The van der Waals surface area contributed by atoms with E-state index in [0.717, 1.165) is 5.69 Å². The predicted octanol–water partition coefficient (Wildman–Crippen LogP) is 4.69. The van der Waals surface area contributed by atoms with Gasteiger partial charge < -0.3 is 29.4 Å². The van der Waals surface area contributed by atoms with Crippen LogP contribution in [0.15, 0.2) is 77.2 Å². The number of fused-ring (bicyclic) bond motifs is 1. The highest BCUT2D eigenvalue weighted by Crippen LogP contribution is 2.34. The molecule has 1 atom stereocenters. The topological polar surface area (TPSA) is 110 Å². The molecular weight excluding hydrogens is 474 g/mol. The summed E-state index contributed by atoms with van der Waals surface area (Å²) >= 11 is 0. The third-order valence-corrected chi connectivity index (χ3v) is 6.26. The Morgan fingerprint density at radius 3 is 2.41 bits per heavy atom. The van der Waals surface area contributed by atoms with Gasteiger partial charge in [-0.15, -0.1) is 0 Å². The average molecular weight is 500 g/mol. The zero-order valence-corrected chi connectivity index (χ0v) is 20.3. The van der Waals surface area contributed by atoms with Crippen molar-refractivity contribution in [2.75, 3.05) is 36.3 Å². The molecule has 1 aliphatic rings. The van der Waals surface area contributed by atoms with Crippen LogP contribution in [0.5, 0.6) is 11.5 Å². The van der Waals surface area contributed by atoms with E-state index in [0.29, 0.717) is 28.2 Å². The van der Waals surface area contributed by atoms with Crippen molar-refractivity contribution in [1.29, 1.82) is 0 Å². The summed E-state index contributed by atoms with van der Waals surface area (Å²) in [5.41, 5.74) is 1.90. The number of furan rings is 1. The normalized spacial score (nSPS) is 15.0. The maximum absolute atomic E-state index is 13.3. The number of benzene rings is 3. The van der Waals surface area contributed by atoms with Gasteiger partial charge in [-0.2, -0.15) is 0 Å². The van der Waals surface area contributed by atoms with E-state index in [9.17, 15) is 14.4 Å². The van der Waals surface area contributed by atoms with Gasteiger partial charge in [0.15, 0.2) is 11.5 Å². The number of para-hydroxylation sites is 2. The highest BCUT2D eigenvalue weighted by molar-refractivity contribution is 6.15. The van der Waals surface area contributed by atoms with Crippen molar-refractivity contribution in [3.8, 4) is 11.5 Å². The molecular formula is C28H25N3O6. The van der Waals surface area contributed by atoms with Crippen LogP contribution in [0.1, 0.15) is 17.0 Å². The van der Waals surface area contributed by atoms with Gasteiger partial charge in [0, 0.05) is 35.8 Å². The lowest BCUT2D eigenvalue weighted by Crippen LogP contribution is -2.28. The Bertz CT molecular complexity index is 1480. The molecule has 2 heterocycles. The SMILES string of the molecule is COc1ccc(NC(=O)c2oc3ccccc3c2NC(=O)C2CC(=O)N(c3ccccc3)C2)cc1OC. The van der Waals surface area contributed by atoms with Crippen LogP contribution >= 0.6 is 0 Å². The van der Waals surface area contributed by atoms with E-state index in [-0.39, 0.29) is 36.2 Å². The zero-order valence-electron chi connectivity index (χ0n) is 20.3. The molecule has 1 saturated heterocycles. The summed E-state index contributed by atoms with van der Waals surface area (Å²) in [4.78, 5) is 40.8. The molecule has 188 valence electrons. The van der Waals surface area contributed by atoms with Crippen molar-refractivity contribution < 1.29 is 28.3 Å². The fourth-order valence-corrected chi connectivity index (χ4v) is 4.40. The molecule has 9 heteroatoms. The first kappa shape index (κ1) is 23.9. The van der Waals surface area contributed by atoms with Gasteiger partial charge in [-0.3, -0.25) is 14.4 Å². The largest absolute Gasteiger partial charge is 0.493 e. The van der Waals surface area contributed by atoms with E-state index in [4.69, 9.17) is 13.9 Å². The van der Waals surface area contributed by atoms with Crippen molar-refractivity contribution in [2.45, 2.75) is 6.42 Å². The molecule has 1 unspecified atom stereocenters. The molecule has 3 aromatic carbocycles. The first-order chi connectivity index (χ1) is 18.0. The summed E-state index contributed by atoms with van der Waals surface area (Å²) in [6, 6.07) is 21.2. The molecule has 1 aliphatic heterocycles. The minimum absolute atomic E-state index is 0.0476. The third-order valence-electron chi connectivity index (χ3n) is 6.26. The van der Waals surface area contributed by atoms with Crippen molar-refractivity contribution in [3.05, 3.63) is 78.6 Å². The molecule has 0 saturated carbocycles. The van der Waals surface area contributed by atoms with Crippen molar-refractivity contribution >= 4 is 45.8 Å². The summed E-state index contributed by atoms with van der Waals surface area (Å²) in [6.07, 6.45) is 0.0731. The van der Waals surface area contributed by atoms with E-state index < -0.39 is 11.8 Å². The van der Waals surface area contributed by atoms with Crippen LogP contribution < -0.4 is 25.0 Å². The molecule has 37 heavy (non-hydrogen) atoms. The second-order valence-electron chi connectivity index (χ2n) is 8.56. The Morgan fingerprint density at radius 1 is 0.919 bits per heavy atom. The smallest absolute Gasteiger partial charge is 0.293 e. The number of hydrogen-bond acceptors (Lipinski definition) is 6. The molecule has 1 fully saturated rings. The number of carbonyl (C=O) groups excluding carboxylic acids is 3. The lowest BCUT2D eigenvalue weighted by atomic mass is 10.1. The number of nitrogens with one attached hydrogen (secondary N) is 2. The van der Waals surface area contributed by atoms with Crippen molar-refractivity contribution in [2.24, 2.45) is 5.92 Å². The molecule has 0 aliphatic carbocycles. The Morgan fingerprint density at radius 2 is 1.65 bits per heavy atom. The van der Waals surface area contributed by atoms with Crippen LogP contribution in [0.2, 0.25) is 0 Å². The quantitative estimate of drug-likeness (QED) is 0.382. The highest BCUT2D eigenvalue weighted by atomic mass is 16.5. The molecule has 9 nitrogen and oxygen atoms in total. The minimum atomic E-state index is -0.580. The van der Waals surface area contributed by atoms with Gasteiger partial charge in [-0.1, -0.05) is 30.3 Å². The molecule has 5 rings (SSSR count). The molecule has 0 radical (unpaired) electrons. The Balaban J connectivity index is 1.40. The maximum Gasteiger partial charge on any atom is 0.293 e. The monoisotopic (exact) mass is 499 g/mol. The van der Waals surface area contributed by atoms with Crippen LogP contribution in [-0.4, -0.2) is 38.5 Å². The third kappa shape index (κ3) is 4.71. The summed E-state index contributed by atoms with van der Waals surface area (Å²) in [5.74, 6) is -0.697. The van der Waals surface area contributed by atoms with Crippen LogP contribution in [0.3, 0.4) is 0 Å². The molecule has 4 aromatic rings. The number of methoxy groups -OCH3 is 2. The summed E-state index contributed by atoms with van der Waals surface area (Å²) in [6.45, 7) is 0.248. The number of hydrogen-bond donors (Lipinski definition) is 2. The summed E-state index contributed by atoms with van der Waals surface area (Å²) in [7, 11) is 3.03. The second-order valence-corrected chi connectivity index (χ2v) is 8.56. The van der Waals surface area contributed by atoms with E-state index >= 15 is 0 Å². The van der Waals surface area contributed by atoms with Gasteiger partial charge in [-0.05, 0) is 36.4 Å². The van der Waals surface area contributed by atoms with Crippen LogP contribution in [-0.2, 0) is 9.59 Å². The Kier molecular flexibility index (Phi) is 6.51. The molecule has 0 spiro atoms. The van der Waals surface area contributed by atoms with Gasteiger partial charge >= 0.3 is 0 Å². The van der Waals surface area contributed by atoms with E-state index in [1.165, 1.54) is 14.2 Å². The van der Waals surface area contributed by atoms with Crippen molar-refractivity contribution in [3.63, 3.8) is 0 Å². The van der Waals surface area contributed by atoms with E-state index in [1.807, 2.05) is 30.3 Å². The minimum Gasteiger partial charge on any atom is -0.493 e. The number of ether oxygens (including phenoxy) is 2. The summed E-state index contributed by atoms with van der Waals surface area (Å²) < 4.78 is 16.4. The first-order valence-electron chi connectivity index (χ1n) is 11.7. The Labute approximate surface area is 213 Å². The van der Waals surface area contributed by atoms with Gasteiger partial charge in [0.2, 0.25) is 17.6 Å². The van der Waals surface area contributed by atoms with Gasteiger partial charge in [0.1, 0.15) is 11.3 Å². The van der Waals surface area contributed by atoms with E-state index in [2.05, 4.69) is 10.6 Å².